The highest BCUT2D eigenvalue weighted by molar-refractivity contribution is 7.99. The van der Waals surface area contributed by atoms with Crippen LogP contribution in [0.5, 0.6) is 0 Å². The van der Waals surface area contributed by atoms with Gasteiger partial charge in [0.2, 0.25) is 5.91 Å². The van der Waals surface area contributed by atoms with E-state index < -0.39 is 5.82 Å². The fraction of sp³-hybridized carbons (Fsp3) is 0.533. The second-order valence-corrected chi connectivity index (χ2v) is 6.12. The molecule has 1 heterocycles. The van der Waals surface area contributed by atoms with Gasteiger partial charge in [-0.1, -0.05) is 18.6 Å². The minimum atomic E-state index is -0.391. The average molecular weight is 296 g/mol. The number of rotatable bonds is 6. The molecule has 1 aromatic carbocycles. The molecule has 110 valence electrons. The fourth-order valence-electron chi connectivity index (χ4n) is 2.31. The summed E-state index contributed by atoms with van der Waals surface area (Å²) < 4.78 is 13.4. The molecule has 0 radical (unpaired) electrons. The summed E-state index contributed by atoms with van der Waals surface area (Å²) in [5, 5.41) is 6.09. The molecular weight excluding hydrogens is 275 g/mol. The number of hydrogen-bond donors (Lipinski definition) is 2. The first-order valence-electron chi connectivity index (χ1n) is 7.11. The second kappa shape index (κ2) is 8.27. The molecule has 1 saturated heterocycles. The monoisotopic (exact) mass is 296 g/mol. The summed E-state index contributed by atoms with van der Waals surface area (Å²) >= 11 is 1.61. The van der Waals surface area contributed by atoms with Crippen molar-refractivity contribution >= 4 is 23.4 Å². The van der Waals surface area contributed by atoms with Crippen molar-refractivity contribution in [1.29, 1.82) is 0 Å². The molecule has 0 spiro atoms. The first-order chi connectivity index (χ1) is 9.75. The van der Waals surface area contributed by atoms with Crippen molar-refractivity contribution in [2.75, 3.05) is 23.4 Å². The molecule has 2 rings (SSSR count). The molecule has 0 aromatic heterocycles. The molecule has 0 saturated carbocycles. The first-order valence-corrected chi connectivity index (χ1v) is 8.26. The van der Waals surface area contributed by atoms with Gasteiger partial charge < -0.3 is 10.6 Å². The van der Waals surface area contributed by atoms with Crippen LogP contribution in [0.2, 0.25) is 0 Å². The average Bonchev–Trinajstić information content (AvgIpc) is 2.47. The molecule has 1 fully saturated rings. The lowest BCUT2D eigenvalue weighted by Crippen LogP contribution is -2.34. The number of carbonyl (C=O) groups is 1. The highest BCUT2D eigenvalue weighted by Crippen LogP contribution is 2.15. The van der Waals surface area contributed by atoms with Crippen LogP contribution in [-0.2, 0) is 4.79 Å². The Morgan fingerprint density at radius 1 is 1.40 bits per heavy atom. The zero-order valence-corrected chi connectivity index (χ0v) is 12.3. The van der Waals surface area contributed by atoms with Gasteiger partial charge in [0.15, 0.2) is 0 Å². The van der Waals surface area contributed by atoms with Crippen molar-refractivity contribution in [2.45, 2.75) is 31.7 Å². The molecule has 1 amide bonds. The van der Waals surface area contributed by atoms with Gasteiger partial charge in [-0.05, 0) is 43.7 Å². The van der Waals surface area contributed by atoms with Crippen molar-refractivity contribution in [3.8, 4) is 0 Å². The Labute approximate surface area is 123 Å². The molecule has 3 nitrogen and oxygen atoms in total. The minimum Gasteiger partial charge on any atom is -0.323 e. The summed E-state index contributed by atoms with van der Waals surface area (Å²) in [6.45, 7) is 1.11. The van der Waals surface area contributed by atoms with E-state index in [2.05, 4.69) is 10.6 Å². The molecular formula is C15H21FN2OS. The van der Waals surface area contributed by atoms with Crippen LogP contribution >= 0.6 is 11.8 Å². The zero-order chi connectivity index (χ0) is 14.2. The van der Waals surface area contributed by atoms with Crippen LogP contribution in [0.25, 0.3) is 0 Å². The van der Waals surface area contributed by atoms with Crippen molar-refractivity contribution < 1.29 is 9.18 Å². The summed E-state index contributed by atoms with van der Waals surface area (Å²) in [4.78, 5) is 11.7. The third kappa shape index (κ3) is 5.13. The lowest BCUT2D eigenvalue weighted by molar-refractivity contribution is -0.113. The van der Waals surface area contributed by atoms with Crippen LogP contribution in [0.1, 0.15) is 25.7 Å². The van der Waals surface area contributed by atoms with Crippen LogP contribution in [0, 0.1) is 5.82 Å². The smallest absolute Gasteiger partial charge is 0.234 e. The van der Waals surface area contributed by atoms with E-state index in [9.17, 15) is 9.18 Å². The molecule has 0 aliphatic carbocycles. The van der Waals surface area contributed by atoms with E-state index in [1.165, 1.54) is 25.3 Å². The molecule has 1 atom stereocenters. The van der Waals surface area contributed by atoms with Gasteiger partial charge in [0.25, 0.3) is 0 Å². The number of thioether (sulfide) groups is 1. The maximum atomic E-state index is 13.4. The predicted molar refractivity (Wildman–Crippen MR) is 82.6 cm³/mol. The molecule has 2 N–H and O–H groups in total. The van der Waals surface area contributed by atoms with E-state index in [4.69, 9.17) is 0 Å². The van der Waals surface area contributed by atoms with Gasteiger partial charge in [-0.3, -0.25) is 4.79 Å². The predicted octanol–water partition coefficient (Wildman–Crippen LogP) is 3.03. The van der Waals surface area contributed by atoms with E-state index in [1.807, 2.05) is 0 Å². The topological polar surface area (TPSA) is 41.1 Å². The quantitative estimate of drug-likeness (QED) is 0.793. The van der Waals surface area contributed by atoms with E-state index >= 15 is 0 Å². The number of benzene rings is 1. The van der Waals surface area contributed by atoms with Gasteiger partial charge in [-0.15, -0.1) is 0 Å². The maximum Gasteiger partial charge on any atom is 0.234 e. The minimum absolute atomic E-state index is 0.142. The van der Waals surface area contributed by atoms with Crippen LogP contribution in [0.3, 0.4) is 0 Å². The number of piperidine rings is 1. The van der Waals surface area contributed by atoms with E-state index in [-0.39, 0.29) is 11.6 Å². The van der Waals surface area contributed by atoms with Crippen LogP contribution in [0.15, 0.2) is 24.3 Å². The van der Waals surface area contributed by atoms with E-state index in [0.717, 1.165) is 18.7 Å². The highest BCUT2D eigenvalue weighted by Gasteiger charge is 2.12. The number of halogens is 1. The number of hydrogen-bond acceptors (Lipinski definition) is 3. The molecule has 1 unspecified atom stereocenters. The SMILES string of the molecule is O=C(CSCCC1CCCCN1)Nc1ccccc1F. The number of amides is 1. The molecule has 1 aliphatic heterocycles. The lowest BCUT2D eigenvalue weighted by Gasteiger charge is -2.23. The van der Waals surface area contributed by atoms with Gasteiger partial charge in [-0.2, -0.15) is 11.8 Å². The van der Waals surface area contributed by atoms with Crippen LogP contribution in [0.4, 0.5) is 10.1 Å². The number of para-hydroxylation sites is 1. The van der Waals surface area contributed by atoms with Gasteiger partial charge in [0, 0.05) is 6.04 Å². The summed E-state index contributed by atoms with van der Waals surface area (Å²) in [6, 6.07) is 6.84. The Kier molecular flexibility index (Phi) is 6.33. The van der Waals surface area contributed by atoms with Gasteiger partial charge in [-0.25, -0.2) is 4.39 Å². The lowest BCUT2D eigenvalue weighted by atomic mass is 10.0. The zero-order valence-electron chi connectivity index (χ0n) is 11.5. The van der Waals surface area contributed by atoms with E-state index in [0.29, 0.717) is 11.8 Å². The van der Waals surface area contributed by atoms with Crippen LogP contribution in [-0.4, -0.2) is 30.0 Å². The molecule has 1 aliphatic rings. The summed E-state index contributed by atoms with van der Waals surface area (Å²) in [5.74, 6) is 0.803. The first kappa shape index (κ1) is 15.3. The van der Waals surface area contributed by atoms with Gasteiger partial charge in [0.05, 0.1) is 11.4 Å². The second-order valence-electron chi connectivity index (χ2n) is 5.02. The summed E-state index contributed by atoms with van der Waals surface area (Å²) in [6.07, 6.45) is 4.91. The normalized spacial score (nSPS) is 18.8. The van der Waals surface area contributed by atoms with Crippen molar-refractivity contribution in [1.82, 2.24) is 5.32 Å². The van der Waals surface area contributed by atoms with Crippen molar-refractivity contribution in [2.24, 2.45) is 0 Å². The summed E-state index contributed by atoms with van der Waals surface area (Å²) in [5.41, 5.74) is 0.257. The number of anilines is 1. The molecule has 1 aromatic rings. The van der Waals surface area contributed by atoms with Crippen LogP contribution < -0.4 is 10.6 Å². The van der Waals surface area contributed by atoms with E-state index in [1.54, 1.807) is 30.0 Å². The van der Waals surface area contributed by atoms with Crippen molar-refractivity contribution in [3.63, 3.8) is 0 Å². The summed E-state index contributed by atoms with van der Waals surface area (Å²) in [7, 11) is 0. The number of nitrogens with one attached hydrogen (secondary N) is 2. The highest BCUT2D eigenvalue weighted by atomic mass is 32.2. The molecule has 20 heavy (non-hydrogen) atoms. The molecule has 0 bridgehead atoms. The number of carbonyl (C=O) groups excluding carboxylic acids is 1. The third-order valence-electron chi connectivity index (χ3n) is 3.40. The van der Waals surface area contributed by atoms with Crippen molar-refractivity contribution in [3.05, 3.63) is 30.1 Å². The molecule has 5 heteroatoms. The standard InChI is InChI=1S/C15H21FN2OS/c16-13-6-1-2-7-14(13)18-15(19)11-20-10-8-12-5-3-4-9-17-12/h1-2,6-7,12,17H,3-5,8-11H2,(H,18,19). The fourth-order valence-corrected chi connectivity index (χ4v) is 3.16. The third-order valence-corrected chi connectivity index (χ3v) is 4.39. The Morgan fingerprint density at radius 3 is 3.00 bits per heavy atom. The largest absolute Gasteiger partial charge is 0.323 e. The van der Waals surface area contributed by atoms with Gasteiger partial charge in [0.1, 0.15) is 5.82 Å². The Hall–Kier alpha value is -1.07. The maximum absolute atomic E-state index is 13.4. The Morgan fingerprint density at radius 2 is 2.25 bits per heavy atom. The van der Waals surface area contributed by atoms with Gasteiger partial charge >= 0.3 is 0 Å². The Balaban J connectivity index is 1.61. The Bertz CT molecular complexity index is 436.